The molecule has 0 aromatic carbocycles. The molecule has 0 aliphatic carbocycles. The van der Waals surface area contributed by atoms with Crippen molar-refractivity contribution in [3.05, 3.63) is 48.3 Å². The van der Waals surface area contributed by atoms with Crippen LogP contribution in [0.3, 0.4) is 0 Å². The summed E-state index contributed by atoms with van der Waals surface area (Å²) in [6, 6.07) is 9.77. The average Bonchev–Trinajstić information content (AvgIpc) is 3.19. The Morgan fingerprint density at radius 1 is 1.13 bits per heavy atom. The summed E-state index contributed by atoms with van der Waals surface area (Å²) in [6.07, 6.45) is 3.62. The first-order valence-corrected chi connectivity index (χ1v) is 10.2. The summed E-state index contributed by atoms with van der Waals surface area (Å²) in [5.41, 5.74) is 1.99. The normalized spacial score (nSPS) is 13.8. The van der Waals surface area contributed by atoms with Gasteiger partial charge in [-0.3, -0.25) is 9.69 Å². The van der Waals surface area contributed by atoms with Gasteiger partial charge in [-0.2, -0.15) is 0 Å². The fourth-order valence-corrected chi connectivity index (χ4v) is 4.13. The minimum Gasteiger partial charge on any atom is -0.480 e. The molecular formula is C20H24Cl2N6O2S. The van der Waals surface area contributed by atoms with E-state index in [9.17, 15) is 4.79 Å². The van der Waals surface area contributed by atoms with Crippen LogP contribution in [0.1, 0.15) is 5.56 Å². The number of hydrogen-bond donors (Lipinski definition) is 2. The molecular weight excluding hydrogens is 459 g/mol. The topological polar surface area (TPSA) is 94.5 Å². The molecule has 0 saturated carbocycles. The molecule has 1 fully saturated rings. The Hall–Kier alpha value is -2.46. The van der Waals surface area contributed by atoms with E-state index >= 15 is 0 Å². The number of carboxylic acids is 1. The summed E-state index contributed by atoms with van der Waals surface area (Å²) < 4.78 is 0. The Kier molecular flexibility index (Phi) is 9.00. The number of anilines is 3. The molecule has 3 aromatic rings. The summed E-state index contributed by atoms with van der Waals surface area (Å²) in [6.45, 7) is 5.11. The number of nitrogens with zero attached hydrogens (tertiary/aromatic N) is 5. The van der Waals surface area contributed by atoms with Crippen molar-refractivity contribution >= 4 is 58.9 Å². The van der Waals surface area contributed by atoms with Gasteiger partial charge in [0, 0.05) is 38.6 Å². The van der Waals surface area contributed by atoms with Crippen molar-refractivity contribution < 1.29 is 9.90 Å². The summed E-state index contributed by atoms with van der Waals surface area (Å²) in [5, 5.41) is 13.1. The maximum atomic E-state index is 10.9. The van der Waals surface area contributed by atoms with Crippen molar-refractivity contribution in [3.63, 3.8) is 0 Å². The highest BCUT2D eigenvalue weighted by Crippen LogP contribution is 2.31. The quantitative estimate of drug-likeness (QED) is 0.548. The zero-order valence-corrected chi connectivity index (χ0v) is 19.3. The number of carbonyl (C=O) groups is 1. The van der Waals surface area contributed by atoms with Crippen LogP contribution in [0, 0.1) is 6.92 Å². The molecule has 31 heavy (non-hydrogen) atoms. The molecule has 166 valence electrons. The highest BCUT2D eigenvalue weighted by atomic mass is 35.5. The maximum absolute atomic E-state index is 10.9. The predicted octanol–water partition coefficient (Wildman–Crippen LogP) is 3.70. The van der Waals surface area contributed by atoms with Gasteiger partial charge < -0.3 is 15.3 Å². The number of piperazine rings is 1. The van der Waals surface area contributed by atoms with E-state index in [1.807, 2.05) is 48.4 Å². The van der Waals surface area contributed by atoms with Crippen LogP contribution in [-0.4, -0.2) is 63.7 Å². The van der Waals surface area contributed by atoms with Gasteiger partial charge in [-0.25, -0.2) is 15.0 Å². The summed E-state index contributed by atoms with van der Waals surface area (Å²) >= 11 is 1.60. The van der Waals surface area contributed by atoms with Crippen LogP contribution in [0.5, 0.6) is 0 Å². The molecule has 1 saturated heterocycles. The Morgan fingerprint density at radius 3 is 2.61 bits per heavy atom. The molecule has 4 heterocycles. The molecule has 8 nitrogen and oxygen atoms in total. The largest absolute Gasteiger partial charge is 0.480 e. The van der Waals surface area contributed by atoms with E-state index < -0.39 is 5.97 Å². The van der Waals surface area contributed by atoms with Crippen molar-refractivity contribution in [2.24, 2.45) is 0 Å². The monoisotopic (exact) mass is 482 g/mol. The molecule has 0 unspecified atom stereocenters. The summed E-state index contributed by atoms with van der Waals surface area (Å²) in [4.78, 5) is 29.6. The van der Waals surface area contributed by atoms with Crippen LogP contribution in [0.2, 0.25) is 0 Å². The molecule has 0 spiro atoms. The molecule has 0 amide bonds. The first-order valence-electron chi connectivity index (χ1n) is 9.39. The Bertz CT molecular complexity index is 1010. The summed E-state index contributed by atoms with van der Waals surface area (Å²) in [5.74, 6) is 0.715. The number of aliphatic carboxylic acids is 1. The van der Waals surface area contributed by atoms with Crippen molar-refractivity contribution in [2.45, 2.75) is 6.92 Å². The van der Waals surface area contributed by atoms with E-state index in [4.69, 9.17) is 10.1 Å². The highest BCUT2D eigenvalue weighted by Gasteiger charge is 2.21. The van der Waals surface area contributed by atoms with Gasteiger partial charge in [0.25, 0.3) is 0 Å². The van der Waals surface area contributed by atoms with Crippen LogP contribution in [0.4, 0.5) is 16.8 Å². The number of hydrogen-bond acceptors (Lipinski definition) is 8. The minimum atomic E-state index is -0.782. The second-order valence-electron chi connectivity index (χ2n) is 6.92. The van der Waals surface area contributed by atoms with Crippen LogP contribution in [0.25, 0.3) is 10.6 Å². The van der Waals surface area contributed by atoms with E-state index in [1.165, 1.54) is 0 Å². The second-order valence-corrected chi connectivity index (χ2v) is 7.92. The smallest absolute Gasteiger partial charge is 0.317 e. The van der Waals surface area contributed by atoms with Gasteiger partial charge in [0.15, 0.2) is 5.13 Å². The lowest BCUT2D eigenvalue weighted by molar-refractivity contribution is -0.138. The minimum absolute atomic E-state index is 0. The fourth-order valence-electron chi connectivity index (χ4n) is 3.20. The fraction of sp³-hybridized carbons (Fsp3) is 0.300. The Morgan fingerprint density at radius 2 is 1.90 bits per heavy atom. The lowest BCUT2D eigenvalue weighted by Crippen LogP contribution is -2.47. The SMILES string of the molecule is Cc1ccnc(Nc2cccc(-c3cnc(N4CCN(CC(=O)O)CC4)s3)n2)c1.Cl.Cl. The van der Waals surface area contributed by atoms with Crippen LogP contribution < -0.4 is 10.2 Å². The predicted molar refractivity (Wildman–Crippen MR) is 128 cm³/mol. The molecule has 1 aliphatic heterocycles. The van der Waals surface area contributed by atoms with Crippen LogP contribution in [0.15, 0.2) is 42.7 Å². The van der Waals surface area contributed by atoms with E-state index in [2.05, 4.69) is 20.2 Å². The van der Waals surface area contributed by atoms with Crippen LogP contribution >= 0.6 is 36.2 Å². The first-order chi connectivity index (χ1) is 14.1. The van der Waals surface area contributed by atoms with Gasteiger partial charge in [-0.1, -0.05) is 17.4 Å². The maximum Gasteiger partial charge on any atom is 0.317 e. The number of pyridine rings is 2. The number of nitrogens with one attached hydrogen (secondary N) is 1. The molecule has 0 radical (unpaired) electrons. The average molecular weight is 483 g/mol. The zero-order valence-electron chi connectivity index (χ0n) is 16.9. The third-order valence-corrected chi connectivity index (χ3v) is 5.75. The van der Waals surface area contributed by atoms with Crippen LogP contribution in [-0.2, 0) is 4.79 Å². The number of aryl methyl sites for hydroxylation is 1. The van der Waals surface area contributed by atoms with E-state index in [0.717, 1.165) is 59.1 Å². The lowest BCUT2D eigenvalue weighted by atomic mass is 10.3. The van der Waals surface area contributed by atoms with E-state index in [-0.39, 0.29) is 31.4 Å². The lowest BCUT2D eigenvalue weighted by Gasteiger charge is -2.33. The van der Waals surface area contributed by atoms with Gasteiger partial charge in [0.1, 0.15) is 11.6 Å². The third kappa shape index (κ3) is 6.51. The zero-order chi connectivity index (χ0) is 20.2. The van der Waals surface area contributed by atoms with Crippen molar-refractivity contribution in [2.75, 3.05) is 42.9 Å². The van der Waals surface area contributed by atoms with Crippen molar-refractivity contribution in [3.8, 4) is 10.6 Å². The number of halogens is 2. The van der Waals surface area contributed by atoms with Gasteiger partial charge in [-0.05, 0) is 36.8 Å². The molecule has 0 atom stereocenters. The first kappa shape index (κ1) is 24.8. The summed E-state index contributed by atoms with van der Waals surface area (Å²) in [7, 11) is 0. The number of aromatic nitrogens is 3. The van der Waals surface area contributed by atoms with Crippen molar-refractivity contribution in [1.82, 2.24) is 19.9 Å². The van der Waals surface area contributed by atoms with Gasteiger partial charge in [0.05, 0.1) is 17.1 Å². The molecule has 2 N–H and O–H groups in total. The highest BCUT2D eigenvalue weighted by molar-refractivity contribution is 7.18. The molecule has 1 aliphatic rings. The molecule has 0 bridgehead atoms. The molecule has 4 rings (SSSR count). The standard InChI is InChI=1S/C20H22N6O2S.2ClH/c1-14-5-6-21-18(11-14)24-17-4-2-3-15(23-17)16-12-22-20(29-16)26-9-7-25(8-10-26)13-19(27)28;;/h2-6,11-12H,7-10,13H2,1H3,(H,27,28)(H,21,23,24);2*1H. The van der Waals surface area contributed by atoms with Gasteiger partial charge in [0.2, 0.25) is 0 Å². The Labute approximate surface area is 197 Å². The third-order valence-electron chi connectivity index (χ3n) is 4.67. The van der Waals surface area contributed by atoms with E-state index in [1.54, 1.807) is 17.5 Å². The number of thiazole rings is 1. The van der Waals surface area contributed by atoms with Gasteiger partial charge in [-0.15, -0.1) is 24.8 Å². The number of carboxylic acid groups (broad SMARTS) is 1. The Balaban J connectivity index is 0.00000171. The van der Waals surface area contributed by atoms with E-state index in [0.29, 0.717) is 0 Å². The number of rotatable bonds is 6. The van der Waals surface area contributed by atoms with Gasteiger partial charge >= 0.3 is 5.97 Å². The van der Waals surface area contributed by atoms with Crippen molar-refractivity contribution in [1.29, 1.82) is 0 Å². The molecule has 11 heteroatoms. The second kappa shape index (κ2) is 11.2. The molecule has 3 aromatic heterocycles.